The number of unbranched alkanes of at least 4 members (excludes halogenated alkanes) is 1. The Balaban J connectivity index is 1.79. The average Bonchev–Trinajstić information content (AvgIpc) is 2.84. The highest BCUT2D eigenvalue weighted by atomic mass is 32.1. The molecule has 94 valence electrons. The molecule has 2 nitrogen and oxygen atoms in total. The predicted octanol–water partition coefficient (Wildman–Crippen LogP) is 3.15. The van der Waals surface area contributed by atoms with Gasteiger partial charge in [0.2, 0.25) is 0 Å². The summed E-state index contributed by atoms with van der Waals surface area (Å²) in [4.78, 5) is 0.475. The molecule has 0 aliphatic heterocycles. The molecule has 0 aliphatic carbocycles. The first-order valence-corrected chi connectivity index (χ1v) is 6.67. The van der Waals surface area contributed by atoms with Gasteiger partial charge in [0.05, 0.1) is 5.69 Å². The zero-order valence-corrected chi connectivity index (χ0v) is 11.2. The fraction of sp³-hybridized carbons (Fsp3) is 0.267. The van der Waals surface area contributed by atoms with Gasteiger partial charge in [-0.05, 0) is 37.0 Å². The van der Waals surface area contributed by atoms with Crippen molar-refractivity contribution >= 4 is 17.2 Å². The number of thiocarbonyl (C=S) groups is 1. The van der Waals surface area contributed by atoms with Gasteiger partial charge in [0.1, 0.15) is 4.99 Å². The van der Waals surface area contributed by atoms with Crippen molar-refractivity contribution < 1.29 is 0 Å². The Morgan fingerprint density at radius 1 is 1.06 bits per heavy atom. The van der Waals surface area contributed by atoms with Gasteiger partial charge >= 0.3 is 0 Å². The fourth-order valence-electron chi connectivity index (χ4n) is 2.09. The van der Waals surface area contributed by atoms with Gasteiger partial charge in [-0.1, -0.05) is 42.5 Å². The van der Waals surface area contributed by atoms with Crippen LogP contribution in [0, 0.1) is 0 Å². The number of nitrogens with two attached hydrogens (primary N) is 1. The first kappa shape index (κ1) is 12.8. The van der Waals surface area contributed by atoms with Gasteiger partial charge in [0.15, 0.2) is 0 Å². The minimum Gasteiger partial charge on any atom is -0.388 e. The minimum absolute atomic E-state index is 0.475. The lowest BCUT2D eigenvalue weighted by molar-refractivity contribution is 0.609. The summed E-state index contributed by atoms with van der Waals surface area (Å²) >= 11 is 5.02. The van der Waals surface area contributed by atoms with Gasteiger partial charge in [-0.3, -0.25) is 0 Å². The van der Waals surface area contributed by atoms with E-state index in [0.29, 0.717) is 4.99 Å². The zero-order valence-electron chi connectivity index (χ0n) is 10.4. The summed E-state index contributed by atoms with van der Waals surface area (Å²) in [5.74, 6) is 0. The quantitative estimate of drug-likeness (QED) is 0.637. The van der Waals surface area contributed by atoms with Crippen LogP contribution in [0.5, 0.6) is 0 Å². The molecule has 2 aromatic rings. The van der Waals surface area contributed by atoms with Gasteiger partial charge in [-0.15, -0.1) is 0 Å². The Morgan fingerprint density at radius 2 is 1.83 bits per heavy atom. The van der Waals surface area contributed by atoms with Gasteiger partial charge in [-0.2, -0.15) is 0 Å². The third-order valence-electron chi connectivity index (χ3n) is 3.04. The van der Waals surface area contributed by atoms with E-state index in [4.69, 9.17) is 18.0 Å². The van der Waals surface area contributed by atoms with Gasteiger partial charge < -0.3 is 10.3 Å². The number of hydrogen-bond acceptors (Lipinski definition) is 1. The van der Waals surface area contributed by atoms with E-state index < -0.39 is 0 Å². The van der Waals surface area contributed by atoms with Crippen LogP contribution in [-0.4, -0.2) is 9.56 Å². The van der Waals surface area contributed by atoms with Crippen molar-refractivity contribution in [1.29, 1.82) is 0 Å². The van der Waals surface area contributed by atoms with E-state index in [9.17, 15) is 0 Å². The second kappa shape index (κ2) is 6.36. The lowest BCUT2D eigenvalue weighted by atomic mass is 10.1. The number of aromatic nitrogens is 1. The maximum absolute atomic E-state index is 5.66. The molecule has 0 bridgehead atoms. The predicted molar refractivity (Wildman–Crippen MR) is 79.7 cm³/mol. The van der Waals surface area contributed by atoms with Crippen molar-refractivity contribution in [2.75, 3.05) is 0 Å². The van der Waals surface area contributed by atoms with Crippen LogP contribution >= 0.6 is 12.2 Å². The van der Waals surface area contributed by atoms with Crippen LogP contribution in [0.3, 0.4) is 0 Å². The van der Waals surface area contributed by atoms with E-state index in [2.05, 4.69) is 34.9 Å². The summed E-state index contributed by atoms with van der Waals surface area (Å²) in [7, 11) is 0. The van der Waals surface area contributed by atoms with Crippen molar-refractivity contribution in [2.24, 2.45) is 5.73 Å². The van der Waals surface area contributed by atoms with Crippen LogP contribution in [0.25, 0.3) is 0 Å². The van der Waals surface area contributed by atoms with Crippen LogP contribution in [0.15, 0.2) is 48.7 Å². The highest BCUT2D eigenvalue weighted by Crippen LogP contribution is 2.08. The topological polar surface area (TPSA) is 30.9 Å². The third kappa shape index (κ3) is 3.44. The first-order valence-electron chi connectivity index (χ1n) is 6.26. The van der Waals surface area contributed by atoms with E-state index in [1.54, 1.807) is 0 Å². The van der Waals surface area contributed by atoms with Gasteiger partial charge in [-0.25, -0.2) is 0 Å². The SMILES string of the molecule is NC(=S)c1cccn1CCCCc1ccccc1. The van der Waals surface area contributed by atoms with Crippen LogP contribution < -0.4 is 5.73 Å². The lowest BCUT2D eigenvalue weighted by Crippen LogP contribution is -2.15. The molecule has 18 heavy (non-hydrogen) atoms. The van der Waals surface area contributed by atoms with E-state index in [0.717, 1.165) is 25.1 Å². The molecule has 0 aliphatic rings. The molecule has 1 aromatic heterocycles. The maximum Gasteiger partial charge on any atom is 0.120 e. The Hall–Kier alpha value is -1.61. The van der Waals surface area contributed by atoms with Crippen LogP contribution in [0.4, 0.5) is 0 Å². The number of hydrogen-bond donors (Lipinski definition) is 1. The average molecular weight is 258 g/mol. The van der Waals surface area contributed by atoms with Gasteiger partial charge in [0, 0.05) is 12.7 Å². The summed E-state index contributed by atoms with van der Waals surface area (Å²) in [6.07, 6.45) is 5.49. The summed E-state index contributed by atoms with van der Waals surface area (Å²) < 4.78 is 2.13. The number of aryl methyl sites for hydroxylation is 2. The van der Waals surface area contributed by atoms with Crippen LogP contribution in [-0.2, 0) is 13.0 Å². The molecule has 2 rings (SSSR count). The molecule has 0 amide bonds. The zero-order chi connectivity index (χ0) is 12.8. The number of nitrogens with zero attached hydrogens (tertiary/aromatic N) is 1. The summed E-state index contributed by atoms with van der Waals surface area (Å²) in [6, 6.07) is 14.5. The Kier molecular flexibility index (Phi) is 4.53. The number of rotatable bonds is 6. The molecule has 0 radical (unpaired) electrons. The van der Waals surface area contributed by atoms with Crippen molar-refractivity contribution in [1.82, 2.24) is 4.57 Å². The van der Waals surface area contributed by atoms with Crippen molar-refractivity contribution in [3.05, 3.63) is 59.9 Å². The van der Waals surface area contributed by atoms with Crippen molar-refractivity contribution in [3.63, 3.8) is 0 Å². The first-order chi connectivity index (χ1) is 8.77. The highest BCUT2D eigenvalue weighted by Gasteiger charge is 2.02. The second-order valence-electron chi connectivity index (χ2n) is 4.39. The molecule has 0 spiro atoms. The van der Waals surface area contributed by atoms with Crippen molar-refractivity contribution in [3.8, 4) is 0 Å². The molecule has 0 unspecified atom stereocenters. The second-order valence-corrected chi connectivity index (χ2v) is 4.83. The number of benzene rings is 1. The lowest BCUT2D eigenvalue weighted by Gasteiger charge is -2.07. The molecule has 0 fully saturated rings. The van der Waals surface area contributed by atoms with Crippen LogP contribution in [0.1, 0.15) is 24.1 Å². The molecule has 0 atom stereocenters. The standard InChI is InChI=1S/C15H18N2S/c16-15(18)14-10-6-12-17(14)11-5-4-9-13-7-2-1-3-8-13/h1-3,6-8,10,12H,4-5,9,11H2,(H2,16,18). The molecule has 1 aromatic carbocycles. The fourth-order valence-corrected chi connectivity index (χ4v) is 2.27. The Morgan fingerprint density at radius 3 is 2.56 bits per heavy atom. The highest BCUT2D eigenvalue weighted by molar-refractivity contribution is 7.80. The van der Waals surface area contributed by atoms with Crippen molar-refractivity contribution in [2.45, 2.75) is 25.8 Å². The normalized spacial score (nSPS) is 10.4. The largest absolute Gasteiger partial charge is 0.388 e. The van der Waals surface area contributed by atoms with E-state index in [1.165, 1.54) is 12.0 Å². The van der Waals surface area contributed by atoms with E-state index in [-0.39, 0.29) is 0 Å². The summed E-state index contributed by atoms with van der Waals surface area (Å²) in [5, 5.41) is 0. The molecule has 3 heteroatoms. The maximum atomic E-state index is 5.66. The monoisotopic (exact) mass is 258 g/mol. The molecule has 0 saturated carbocycles. The molecular weight excluding hydrogens is 240 g/mol. The van der Waals surface area contributed by atoms with Crippen LogP contribution in [0.2, 0.25) is 0 Å². The summed E-state index contributed by atoms with van der Waals surface area (Å²) in [5.41, 5.74) is 8.03. The third-order valence-corrected chi connectivity index (χ3v) is 3.25. The van der Waals surface area contributed by atoms with Gasteiger partial charge in [0.25, 0.3) is 0 Å². The molecular formula is C15H18N2S. The van der Waals surface area contributed by atoms with E-state index in [1.807, 2.05) is 18.3 Å². The van der Waals surface area contributed by atoms with E-state index >= 15 is 0 Å². The molecule has 0 saturated heterocycles. The smallest absolute Gasteiger partial charge is 0.120 e. The minimum atomic E-state index is 0.475. The Labute approximate surface area is 113 Å². The molecule has 1 heterocycles. The Bertz CT molecular complexity index is 502. The molecule has 2 N–H and O–H groups in total. The summed E-state index contributed by atoms with van der Waals surface area (Å²) in [6.45, 7) is 0.979.